The molecule has 1 heterocycles. The maximum Gasteiger partial charge on any atom is 0.115 e. The summed E-state index contributed by atoms with van der Waals surface area (Å²) in [5.74, 6) is 2.28. The highest BCUT2D eigenvalue weighted by Gasteiger charge is 2.53. The molecule has 0 radical (unpaired) electrons. The molecule has 2 nitrogen and oxygen atoms in total. The number of piperidine rings is 1. The Balaban J connectivity index is 1.54. The summed E-state index contributed by atoms with van der Waals surface area (Å²) in [5, 5.41) is 10.1. The van der Waals surface area contributed by atoms with E-state index >= 15 is 0 Å². The zero-order chi connectivity index (χ0) is 15.4. The summed E-state index contributed by atoms with van der Waals surface area (Å²) in [6, 6.07) is 7.01. The van der Waals surface area contributed by atoms with Crippen LogP contribution >= 0.6 is 0 Å². The molecule has 124 valence electrons. The summed E-state index contributed by atoms with van der Waals surface area (Å²) in [7, 11) is 0. The zero-order valence-corrected chi connectivity index (χ0v) is 14.1. The second kappa shape index (κ2) is 5.24. The third-order valence-corrected chi connectivity index (χ3v) is 7.65. The van der Waals surface area contributed by atoms with Gasteiger partial charge in [-0.15, -0.1) is 0 Å². The smallest absolute Gasteiger partial charge is 0.115 e. The van der Waals surface area contributed by atoms with Gasteiger partial charge in [0.2, 0.25) is 0 Å². The van der Waals surface area contributed by atoms with Crippen molar-refractivity contribution in [3.8, 4) is 5.75 Å². The summed E-state index contributed by atoms with van der Waals surface area (Å²) in [6.45, 7) is 2.64. The summed E-state index contributed by atoms with van der Waals surface area (Å²) in [5.41, 5.74) is 3.43. The normalized spacial score (nSPS) is 36.9. The van der Waals surface area contributed by atoms with Gasteiger partial charge in [0.25, 0.3) is 0 Å². The van der Waals surface area contributed by atoms with Crippen molar-refractivity contribution < 1.29 is 5.11 Å². The topological polar surface area (TPSA) is 23.5 Å². The quantitative estimate of drug-likeness (QED) is 0.882. The molecule has 2 heteroatoms. The van der Waals surface area contributed by atoms with E-state index in [4.69, 9.17) is 0 Å². The van der Waals surface area contributed by atoms with Crippen LogP contribution in [0.3, 0.4) is 0 Å². The molecule has 0 unspecified atom stereocenters. The Kier molecular flexibility index (Phi) is 3.27. The number of hydrogen-bond donors (Lipinski definition) is 1. The average molecular weight is 311 g/mol. The molecule has 1 saturated heterocycles. The minimum atomic E-state index is 0.380. The molecule has 0 aromatic heterocycles. The molecule has 4 aliphatic rings. The van der Waals surface area contributed by atoms with Crippen molar-refractivity contribution in [1.29, 1.82) is 0 Å². The van der Waals surface area contributed by atoms with Crippen LogP contribution in [0.4, 0.5) is 0 Å². The Morgan fingerprint density at radius 2 is 2.00 bits per heavy atom. The second-order valence-electron chi connectivity index (χ2n) is 8.66. The number of rotatable bonds is 2. The number of benzene rings is 1. The number of phenols is 1. The molecule has 3 atom stereocenters. The molecule has 1 aliphatic heterocycles. The largest absolute Gasteiger partial charge is 0.508 e. The van der Waals surface area contributed by atoms with E-state index in [0.717, 1.165) is 17.9 Å². The van der Waals surface area contributed by atoms with Crippen molar-refractivity contribution in [3.05, 3.63) is 29.3 Å². The third-order valence-electron chi connectivity index (χ3n) is 7.65. The van der Waals surface area contributed by atoms with Gasteiger partial charge in [0.1, 0.15) is 5.75 Å². The maximum absolute atomic E-state index is 10.1. The fourth-order valence-electron chi connectivity index (χ4n) is 6.31. The van der Waals surface area contributed by atoms with Crippen LogP contribution in [0.15, 0.2) is 18.2 Å². The van der Waals surface area contributed by atoms with E-state index < -0.39 is 0 Å². The lowest BCUT2D eigenvalue weighted by Crippen LogP contribution is -2.61. The molecule has 5 rings (SSSR count). The van der Waals surface area contributed by atoms with E-state index in [9.17, 15) is 5.11 Å². The Bertz CT molecular complexity index is 608. The Hall–Kier alpha value is -1.02. The zero-order valence-electron chi connectivity index (χ0n) is 14.1. The minimum absolute atomic E-state index is 0.380. The third kappa shape index (κ3) is 2.10. The van der Waals surface area contributed by atoms with Crippen LogP contribution in [0.2, 0.25) is 0 Å². The molecule has 3 fully saturated rings. The number of hydrogen-bond acceptors (Lipinski definition) is 2. The van der Waals surface area contributed by atoms with E-state index in [1.807, 2.05) is 6.07 Å². The van der Waals surface area contributed by atoms with Gasteiger partial charge in [-0.2, -0.15) is 0 Å². The van der Waals surface area contributed by atoms with Gasteiger partial charge >= 0.3 is 0 Å². The highest BCUT2D eigenvalue weighted by atomic mass is 16.3. The van der Waals surface area contributed by atoms with Crippen molar-refractivity contribution in [2.24, 2.45) is 11.8 Å². The van der Waals surface area contributed by atoms with Crippen LogP contribution < -0.4 is 0 Å². The first-order valence-corrected chi connectivity index (χ1v) is 9.83. The predicted octanol–water partition coefficient (Wildman–Crippen LogP) is 4.25. The molecular weight excluding hydrogens is 282 g/mol. The first kappa shape index (κ1) is 14.3. The van der Waals surface area contributed by atoms with Crippen molar-refractivity contribution in [1.82, 2.24) is 4.90 Å². The Labute approximate surface area is 139 Å². The summed E-state index contributed by atoms with van der Waals surface area (Å²) < 4.78 is 0. The van der Waals surface area contributed by atoms with E-state index in [1.54, 1.807) is 0 Å². The average Bonchev–Trinajstić information content (AvgIpc) is 2.53. The number of nitrogens with zero attached hydrogens (tertiary/aromatic N) is 1. The van der Waals surface area contributed by atoms with E-state index in [2.05, 4.69) is 17.0 Å². The summed E-state index contributed by atoms with van der Waals surface area (Å²) in [6.07, 6.45) is 12.5. The summed E-state index contributed by atoms with van der Waals surface area (Å²) >= 11 is 0. The van der Waals surface area contributed by atoms with Gasteiger partial charge in [-0.3, -0.25) is 4.90 Å². The Morgan fingerprint density at radius 1 is 1.09 bits per heavy atom. The lowest BCUT2D eigenvalue weighted by Gasteiger charge is -2.59. The Morgan fingerprint density at radius 3 is 2.83 bits per heavy atom. The lowest BCUT2D eigenvalue weighted by molar-refractivity contribution is -0.0240. The molecular formula is C21H29NO. The van der Waals surface area contributed by atoms with Gasteiger partial charge in [-0.05, 0) is 80.2 Å². The van der Waals surface area contributed by atoms with Crippen molar-refractivity contribution >= 4 is 0 Å². The molecule has 1 N–H and O–H groups in total. The molecule has 0 spiro atoms. The van der Waals surface area contributed by atoms with Crippen molar-refractivity contribution in [2.45, 2.75) is 69.2 Å². The fourth-order valence-corrected chi connectivity index (χ4v) is 6.31. The van der Waals surface area contributed by atoms with Gasteiger partial charge in [0.05, 0.1) is 0 Å². The van der Waals surface area contributed by atoms with Gasteiger partial charge in [-0.1, -0.05) is 25.3 Å². The van der Waals surface area contributed by atoms with Crippen molar-refractivity contribution in [2.75, 3.05) is 13.1 Å². The molecule has 1 aromatic rings. The van der Waals surface area contributed by atoms with Crippen LogP contribution in [0.5, 0.6) is 5.75 Å². The van der Waals surface area contributed by atoms with E-state index in [1.165, 1.54) is 82.0 Å². The monoisotopic (exact) mass is 311 g/mol. The van der Waals surface area contributed by atoms with Gasteiger partial charge in [0.15, 0.2) is 0 Å². The van der Waals surface area contributed by atoms with Gasteiger partial charge < -0.3 is 5.11 Å². The standard InChI is InChI=1S/C21H29NO/c23-17-8-7-16-12-20-18-6-1-2-9-21(18,19(16)13-17)10-11-22(20)14-15-4-3-5-15/h7-8,13,15,18,20,23H,1-6,9-12,14H2/t18-,20-,21+/m0/s1. The minimum Gasteiger partial charge on any atom is -0.508 e. The first-order valence-electron chi connectivity index (χ1n) is 9.83. The second-order valence-corrected chi connectivity index (χ2v) is 8.66. The van der Waals surface area contributed by atoms with Crippen LogP contribution in [-0.2, 0) is 11.8 Å². The van der Waals surface area contributed by atoms with Gasteiger partial charge in [-0.25, -0.2) is 0 Å². The molecule has 2 bridgehead atoms. The highest BCUT2D eigenvalue weighted by Crippen LogP contribution is 2.56. The maximum atomic E-state index is 10.1. The van der Waals surface area contributed by atoms with Crippen LogP contribution in [0.25, 0.3) is 0 Å². The summed E-state index contributed by atoms with van der Waals surface area (Å²) in [4.78, 5) is 2.87. The molecule has 2 saturated carbocycles. The molecule has 0 amide bonds. The van der Waals surface area contributed by atoms with Crippen LogP contribution in [0, 0.1) is 11.8 Å². The number of likely N-dealkylation sites (tertiary alicyclic amines) is 1. The highest BCUT2D eigenvalue weighted by molar-refractivity contribution is 5.45. The van der Waals surface area contributed by atoms with Crippen LogP contribution in [-0.4, -0.2) is 29.1 Å². The fraction of sp³-hybridized carbons (Fsp3) is 0.714. The lowest BCUT2D eigenvalue weighted by atomic mass is 9.52. The molecule has 3 aliphatic carbocycles. The van der Waals surface area contributed by atoms with E-state index in [-0.39, 0.29) is 0 Å². The predicted molar refractivity (Wildman–Crippen MR) is 92.8 cm³/mol. The molecule has 23 heavy (non-hydrogen) atoms. The van der Waals surface area contributed by atoms with E-state index in [0.29, 0.717) is 11.2 Å². The SMILES string of the molecule is Oc1ccc2c(c1)[C@@]13CCCC[C@H]1[C@H](C2)N(CC1CCC1)CC3. The first-order chi connectivity index (χ1) is 11.3. The number of fused-ring (bicyclic) bond motifs is 1. The number of aromatic hydroxyl groups is 1. The van der Waals surface area contributed by atoms with Crippen molar-refractivity contribution in [3.63, 3.8) is 0 Å². The van der Waals surface area contributed by atoms with Crippen LogP contribution in [0.1, 0.15) is 62.5 Å². The molecule has 1 aromatic carbocycles. The van der Waals surface area contributed by atoms with Gasteiger partial charge in [0, 0.05) is 18.0 Å². The number of phenolic OH excluding ortho intramolecular Hbond substituents is 1.